The zero-order chi connectivity index (χ0) is 11.8. The molecule has 0 saturated heterocycles. The molecule has 2 heteroatoms. The smallest absolute Gasteiger partial charge is 0.0729 e. The van der Waals surface area contributed by atoms with Gasteiger partial charge in [0.05, 0.1) is 12.7 Å². The van der Waals surface area contributed by atoms with Crippen molar-refractivity contribution in [1.82, 2.24) is 5.32 Å². The molecule has 2 nitrogen and oxygen atoms in total. The van der Waals surface area contributed by atoms with Crippen molar-refractivity contribution in [3.63, 3.8) is 0 Å². The molecule has 0 amide bonds. The van der Waals surface area contributed by atoms with Crippen LogP contribution in [0, 0.1) is 0 Å². The van der Waals surface area contributed by atoms with Crippen LogP contribution in [0.5, 0.6) is 0 Å². The fraction of sp³-hybridized carbons (Fsp3) is 0.571. The largest absolute Gasteiger partial charge is 0.372 e. The summed E-state index contributed by atoms with van der Waals surface area (Å²) in [7, 11) is 2.00. The van der Waals surface area contributed by atoms with Crippen LogP contribution in [0.3, 0.4) is 0 Å². The molecule has 1 aromatic carbocycles. The van der Waals surface area contributed by atoms with Crippen molar-refractivity contribution in [1.29, 1.82) is 0 Å². The molecule has 0 aliphatic carbocycles. The molecule has 0 fully saturated rings. The highest BCUT2D eigenvalue weighted by Crippen LogP contribution is 2.11. The van der Waals surface area contributed by atoms with E-state index in [4.69, 9.17) is 4.74 Å². The minimum atomic E-state index is 0.301. The Hall–Kier alpha value is -0.860. The molecule has 0 aromatic heterocycles. The van der Waals surface area contributed by atoms with Crippen molar-refractivity contribution in [3.05, 3.63) is 35.9 Å². The van der Waals surface area contributed by atoms with Crippen molar-refractivity contribution in [2.75, 3.05) is 7.05 Å². The van der Waals surface area contributed by atoms with Crippen LogP contribution in [-0.4, -0.2) is 19.2 Å². The third kappa shape index (κ3) is 3.95. The third-order valence-electron chi connectivity index (χ3n) is 2.97. The molecule has 1 N–H and O–H groups in total. The second kappa shape index (κ2) is 7.42. The van der Waals surface area contributed by atoms with Crippen molar-refractivity contribution < 1.29 is 4.74 Å². The van der Waals surface area contributed by atoms with E-state index in [1.165, 1.54) is 5.56 Å². The highest BCUT2D eigenvalue weighted by Gasteiger charge is 2.16. The molecule has 0 aliphatic rings. The lowest BCUT2D eigenvalue weighted by Gasteiger charge is -2.25. The van der Waals surface area contributed by atoms with Gasteiger partial charge in [-0.15, -0.1) is 0 Å². The summed E-state index contributed by atoms with van der Waals surface area (Å²) in [6.07, 6.45) is 2.45. The van der Waals surface area contributed by atoms with Crippen LogP contribution in [0.15, 0.2) is 30.3 Å². The van der Waals surface area contributed by atoms with Crippen LogP contribution in [0.1, 0.15) is 32.3 Å². The Kier molecular flexibility index (Phi) is 6.12. The molecule has 1 aromatic rings. The lowest BCUT2D eigenvalue weighted by Crippen LogP contribution is -2.38. The lowest BCUT2D eigenvalue weighted by atomic mass is 10.1. The van der Waals surface area contributed by atoms with E-state index in [2.05, 4.69) is 43.4 Å². The van der Waals surface area contributed by atoms with Gasteiger partial charge >= 0.3 is 0 Å². The van der Waals surface area contributed by atoms with E-state index in [-0.39, 0.29) is 0 Å². The maximum Gasteiger partial charge on any atom is 0.0729 e. The zero-order valence-electron chi connectivity index (χ0n) is 10.6. The third-order valence-corrected chi connectivity index (χ3v) is 2.97. The average molecular weight is 221 g/mol. The molecular weight excluding hydrogens is 198 g/mol. The molecule has 0 bridgehead atoms. The van der Waals surface area contributed by atoms with Gasteiger partial charge in [-0.1, -0.05) is 44.2 Å². The predicted octanol–water partition coefficient (Wildman–Crippen LogP) is 2.98. The van der Waals surface area contributed by atoms with Crippen LogP contribution < -0.4 is 5.32 Å². The van der Waals surface area contributed by atoms with Crippen molar-refractivity contribution in [2.24, 2.45) is 0 Å². The van der Waals surface area contributed by atoms with Gasteiger partial charge in [0.25, 0.3) is 0 Å². The molecule has 2 unspecified atom stereocenters. The summed E-state index contributed by atoms with van der Waals surface area (Å²) in [5, 5.41) is 3.31. The minimum absolute atomic E-state index is 0.301. The average Bonchev–Trinajstić information content (AvgIpc) is 2.35. The SMILES string of the molecule is CCC(NC)C(CC)OCc1ccccc1. The molecule has 0 radical (unpaired) electrons. The molecule has 1 rings (SSSR count). The quantitative estimate of drug-likeness (QED) is 0.764. The highest BCUT2D eigenvalue weighted by molar-refractivity contribution is 5.13. The summed E-state index contributed by atoms with van der Waals surface area (Å²) < 4.78 is 5.96. The molecule has 0 heterocycles. The Morgan fingerprint density at radius 3 is 2.31 bits per heavy atom. The normalized spacial score (nSPS) is 14.7. The second-order valence-corrected chi connectivity index (χ2v) is 4.05. The maximum atomic E-state index is 5.96. The van der Waals surface area contributed by atoms with Crippen molar-refractivity contribution in [2.45, 2.75) is 45.4 Å². The van der Waals surface area contributed by atoms with Crippen LogP contribution in [0.4, 0.5) is 0 Å². The predicted molar refractivity (Wildman–Crippen MR) is 68.4 cm³/mol. The monoisotopic (exact) mass is 221 g/mol. The molecule has 16 heavy (non-hydrogen) atoms. The first-order valence-electron chi connectivity index (χ1n) is 6.14. The summed E-state index contributed by atoms with van der Waals surface area (Å²) in [5.74, 6) is 0. The first-order chi connectivity index (χ1) is 7.81. The zero-order valence-corrected chi connectivity index (χ0v) is 10.6. The van der Waals surface area contributed by atoms with Gasteiger partial charge in [-0.2, -0.15) is 0 Å². The summed E-state index contributed by atoms with van der Waals surface area (Å²) in [5.41, 5.74) is 1.24. The molecule has 0 saturated carbocycles. The lowest BCUT2D eigenvalue weighted by molar-refractivity contribution is 0.0132. The number of likely N-dealkylation sites (N-methyl/N-ethyl adjacent to an activating group) is 1. The number of rotatable bonds is 7. The summed E-state index contributed by atoms with van der Waals surface area (Å²) in [6.45, 7) is 5.07. The van der Waals surface area contributed by atoms with Gasteiger partial charge < -0.3 is 10.1 Å². The van der Waals surface area contributed by atoms with E-state index < -0.39 is 0 Å². The summed E-state index contributed by atoms with van der Waals surface area (Å²) in [4.78, 5) is 0. The molecule has 0 aliphatic heterocycles. The number of ether oxygens (including phenoxy) is 1. The van der Waals surface area contributed by atoms with Crippen LogP contribution in [0.25, 0.3) is 0 Å². The fourth-order valence-corrected chi connectivity index (χ4v) is 1.95. The van der Waals surface area contributed by atoms with E-state index in [1.54, 1.807) is 0 Å². The minimum Gasteiger partial charge on any atom is -0.372 e. The first kappa shape index (κ1) is 13.2. The van der Waals surface area contributed by atoms with Crippen LogP contribution in [0.2, 0.25) is 0 Å². The van der Waals surface area contributed by atoms with Gasteiger partial charge in [0.15, 0.2) is 0 Å². The topological polar surface area (TPSA) is 21.3 Å². The maximum absolute atomic E-state index is 5.96. The van der Waals surface area contributed by atoms with Crippen molar-refractivity contribution >= 4 is 0 Å². The van der Waals surface area contributed by atoms with Crippen LogP contribution >= 0.6 is 0 Å². The number of hydrogen-bond acceptors (Lipinski definition) is 2. The summed E-state index contributed by atoms with van der Waals surface area (Å²) in [6, 6.07) is 10.8. The Balaban J connectivity index is 2.45. The van der Waals surface area contributed by atoms with Gasteiger partial charge in [0.1, 0.15) is 0 Å². The summed E-state index contributed by atoms with van der Waals surface area (Å²) >= 11 is 0. The van der Waals surface area contributed by atoms with E-state index >= 15 is 0 Å². The standard InChI is InChI=1S/C14H23NO/c1-4-13(15-3)14(5-2)16-11-12-9-7-6-8-10-12/h6-10,13-15H,4-5,11H2,1-3H3. The van der Waals surface area contributed by atoms with Gasteiger partial charge in [0, 0.05) is 6.04 Å². The van der Waals surface area contributed by atoms with E-state index in [9.17, 15) is 0 Å². The molecule has 0 spiro atoms. The van der Waals surface area contributed by atoms with Crippen molar-refractivity contribution in [3.8, 4) is 0 Å². The van der Waals surface area contributed by atoms with E-state index in [1.807, 2.05) is 13.1 Å². The van der Waals surface area contributed by atoms with Gasteiger partial charge in [-0.3, -0.25) is 0 Å². The molecular formula is C14H23NO. The number of hydrogen-bond donors (Lipinski definition) is 1. The number of benzene rings is 1. The Morgan fingerprint density at radius 1 is 1.12 bits per heavy atom. The Labute approximate surface area is 99.0 Å². The van der Waals surface area contributed by atoms with E-state index in [0.29, 0.717) is 18.8 Å². The first-order valence-corrected chi connectivity index (χ1v) is 6.14. The van der Waals surface area contributed by atoms with Gasteiger partial charge in [0.2, 0.25) is 0 Å². The van der Waals surface area contributed by atoms with E-state index in [0.717, 1.165) is 12.8 Å². The highest BCUT2D eigenvalue weighted by atomic mass is 16.5. The fourth-order valence-electron chi connectivity index (χ4n) is 1.95. The Morgan fingerprint density at radius 2 is 1.81 bits per heavy atom. The van der Waals surface area contributed by atoms with Gasteiger partial charge in [-0.05, 0) is 25.5 Å². The van der Waals surface area contributed by atoms with Crippen LogP contribution in [-0.2, 0) is 11.3 Å². The second-order valence-electron chi connectivity index (χ2n) is 4.05. The number of nitrogens with one attached hydrogen (secondary N) is 1. The molecule has 2 atom stereocenters. The molecule has 90 valence electrons. The Bertz CT molecular complexity index is 269. The van der Waals surface area contributed by atoms with Gasteiger partial charge in [-0.25, -0.2) is 0 Å².